The quantitative estimate of drug-likeness (QED) is 0.728. The van der Waals surface area contributed by atoms with Gasteiger partial charge in [0, 0.05) is 17.7 Å². The fourth-order valence-electron chi connectivity index (χ4n) is 3.45. The van der Waals surface area contributed by atoms with Gasteiger partial charge in [-0.2, -0.15) is 5.10 Å². The zero-order chi connectivity index (χ0) is 16.5. The number of benzene rings is 2. The Kier molecular flexibility index (Phi) is 3.85. The van der Waals surface area contributed by atoms with E-state index in [9.17, 15) is 0 Å². The van der Waals surface area contributed by atoms with Crippen molar-refractivity contribution in [1.29, 1.82) is 0 Å². The van der Waals surface area contributed by atoms with Crippen molar-refractivity contribution in [2.45, 2.75) is 33.1 Å². The van der Waals surface area contributed by atoms with Gasteiger partial charge in [0.1, 0.15) is 5.82 Å². The lowest BCUT2D eigenvalue weighted by Gasteiger charge is -2.12. The van der Waals surface area contributed by atoms with Crippen molar-refractivity contribution in [2.24, 2.45) is 0 Å². The molecule has 3 aromatic rings. The van der Waals surface area contributed by atoms with Gasteiger partial charge in [-0.05, 0) is 50.3 Å². The van der Waals surface area contributed by atoms with Crippen LogP contribution in [0.4, 0.5) is 5.82 Å². The zero-order valence-electron chi connectivity index (χ0n) is 14.3. The van der Waals surface area contributed by atoms with Crippen LogP contribution in [-0.2, 0) is 6.42 Å². The summed E-state index contributed by atoms with van der Waals surface area (Å²) in [5.41, 5.74) is 7.33. The molecule has 1 aliphatic heterocycles. The number of hydrogen-bond acceptors (Lipinski definition) is 2. The second-order valence-corrected chi connectivity index (χ2v) is 6.63. The Morgan fingerprint density at radius 2 is 1.83 bits per heavy atom. The monoisotopic (exact) mass is 317 g/mol. The van der Waals surface area contributed by atoms with E-state index in [0.29, 0.717) is 0 Å². The molecule has 24 heavy (non-hydrogen) atoms. The van der Waals surface area contributed by atoms with Crippen LogP contribution in [0, 0.1) is 13.8 Å². The Morgan fingerprint density at radius 3 is 2.67 bits per heavy atom. The van der Waals surface area contributed by atoms with Gasteiger partial charge in [0.15, 0.2) is 0 Å². The summed E-state index contributed by atoms with van der Waals surface area (Å²) in [6.07, 6.45) is 3.49. The van der Waals surface area contributed by atoms with E-state index in [2.05, 4.69) is 72.4 Å². The van der Waals surface area contributed by atoms with Gasteiger partial charge in [-0.3, -0.25) is 0 Å². The van der Waals surface area contributed by atoms with Crippen LogP contribution in [-0.4, -0.2) is 16.3 Å². The number of aromatic nitrogens is 2. The maximum Gasteiger partial charge on any atom is 0.133 e. The minimum Gasteiger partial charge on any atom is -0.370 e. The first-order chi connectivity index (χ1) is 11.7. The van der Waals surface area contributed by atoms with Gasteiger partial charge in [0.05, 0.1) is 11.4 Å². The van der Waals surface area contributed by atoms with E-state index in [1.807, 2.05) is 0 Å². The topological polar surface area (TPSA) is 29.9 Å². The highest BCUT2D eigenvalue weighted by Gasteiger charge is 2.22. The molecule has 0 fully saturated rings. The second kappa shape index (κ2) is 6.16. The summed E-state index contributed by atoms with van der Waals surface area (Å²) in [5.74, 6) is 1.17. The van der Waals surface area contributed by atoms with Gasteiger partial charge < -0.3 is 5.32 Å². The van der Waals surface area contributed by atoms with Crippen LogP contribution in [0.15, 0.2) is 48.5 Å². The van der Waals surface area contributed by atoms with Crippen LogP contribution in [0.25, 0.3) is 16.9 Å². The maximum atomic E-state index is 5.03. The summed E-state index contributed by atoms with van der Waals surface area (Å²) in [6, 6.07) is 17.1. The molecule has 0 atom stereocenters. The first-order valence-corrected chi connectivity index (χ1v) is 8.73. The molecule has 1 N–H and O–H groups in total. The van der Waals surface area contributed by atoms with E-state index in [4.69, 9.17) is 5.10 Å². The SMILES string of the molecule is Cc1ccc(C)c(-n2nc(-c3ccccc3)c3c2NCCCC3)c1. The summed E-state index contributed by atoms with van der Waals surface area (Å²) >= 11 is 0. The third-order valence-electron chi connectivity index (χ3n) is 4.77. The number of rotatable bonds is 2. The highest BCUT2D eigenvalue weighted by Crippen LogP contribution is 2.34. The molecule has 0 saturated heterocycles. The first kappa shape index (κ1) is 15.0. The molecule has 122 valence electrons. The number of nitrogens with zero attached hydrogens (tertiary/aromatic N) is 2. The number of fused-ring (bicyclic) bond motifs is 1. The molecule has 0 saturated carbocycles. The van der Waals surface area contributed by atoms with Crippen molar-refractivity contribution < 1.29 is 0 Å². The van der Waals surface area contributed by atoms with Crippen molar-refractivity contribution in [3.05, 3.63) is 65.2 Å². The van der Waals surface area contributed by atoms with E-state index >= 15 is 0 Å². The van der Waals surface area contributed by atoms with Crippen LogP contribution in [0.2, 0.25) is 0 Å². The fraction of sp³-hybridized carbons (Fsp3) is 0.286. The normalized spacial score (nSPS) is 13.9. The number of aryl methyl sites for hydroxylation is 2. The summed E-state index contributed by atoms with van der Waals surface area (Å²) in [7, 11) is 0. The lowest BCUT2D eigenvalue weighted by atomic mass is 10.0. The van der Waals surface area contributed by atoms with Crippen molar-refractivity contribution >= 4 is 5.82 Å². The largest absolute Gasteiger partial charge is 0.370 e. The van der Waals surface area contributed by atoms with E-state index < -0.39 is 0 Å². The summed E-state index contributed by atoms with van der Waals surface area (Å²) in [4.78, 5) is 0. The smallest absolute Gasteiger partial charge is 0.133 e. The van der Waals surface area contributed by atoms with E-state index in [0.717, 1.165) is 18.7 Å². The van der Waals surface area contributed by atoms with Gasteiger partial charge in [0.25, 0.3) is 0 Å². The number of hydrogen-bond donors (Lipinski definition) is 1. The molecular formula is C21H23N3. The first-order valence-electron chi connectivity index (χ1n) is 8.73. The second-order valence-electron chi connectivity index (χ2n) is 6.63. The van der Waals surface area contributed by atoms with E-state index in [-0.39, 0.29) is 0 Å². The molecule has 1 aromatic heterocycles. The van der Waals surface area contributed by atoms with Crippen molar-refractivity contribution in [2.75, 3.05) is 11.9 Å². The van der Waals surface area contributed by atoms with Crippen LogP contribution in [0.3, 0.4) is 0 Å². The molecule has 0 radical (unpaired) electrons. The Bertz CT molecular complexity index is 862. The highest BCUT2D eigenvalue weighted by molar-refractivity contribution is 5.71. The van der Waals surface area contributed by atoms with Crippen LogP contribution in [0.5, 0.6) is 0 Å². The van der Waals surface area contributed by atoms with Crippen LogP contribution < -0.4 is 5.32 Å². The van der Waals surface area contributed by atoms with Crippen molar-refractivity contribution in [3.63, 3.8) is 0 Å². The van der Waals surface area contributed by atoms with Gasteiger partial charge in [-0.1, -0.05) is 42.5 Å². The molecule has 0 amide bonds. The van der Waals surface area contributed by atoms with Crippen LogP contribution in [0.1, 0.15) is 29.5 Å². The minimum atomic E-state index is 1.01. The lowest BCUT2D eigenvalue weighted by molar-refractivity contribution is 0.779. The highest BCUT2D eigenvalue weighted by atomic mass is 15.3. The molecule has 0 unspecified atom stereocenters. The van der Waals surface area contributed by atoms with Gasteiger partial charge >= 0.3 is 0 Å². The summed E-state index contributed by atoms with van der Waals surface area (Å²) in [5, 5.41) is 8.66. The molecule has 2 heterocycles. The Labute approximate surface area is 143 Å². The van der Waals surface area contributed by atoms with Gasteiger partial charge in [-0.25, -0.2) is 4.68 Å². The molecule has 0 aliphatic carbocycles. The maximum absolute atomic E-state index is 5.03. The van der Waals surface area contributed by atoms with Crippen molar-refractivity contribution in [1.82, 2.24) is 9.78 Å². The Hall–Kier alpha value is -2.55. The predicted molar refractivity (Wildman–Crippen MR) is 99.9 cm³/mol. The predicted octanol–water partition coefficient (Wildman–Crippen LogP) is 4.90. The molecule has 4 rings (SSSR count). The standard InChI is InChI=1S/C21H23N3/c1-15-11-12-16(2)19(14-15)24-21-18(10-6-7-13-22-21)20(23-24)17-8-4-3-5-9-17/h3-5,8-9,11-12,14,22H,6-7,10,13H2,1-2H3. The summed E-state index contributed by atoms with van der Waals surface area (Å²) in [6.45, 7) is 5.30. The Morgan fingerprint density at radius 1 is 1.00 bits per heavy atom. The third kappa shape index (κ3) is 2.60. The van der Waals surface area contributed by atoms with Gasteiger partial charge in [0.2, 0.25) is 0 Å². The molecule has 1 aliphatic rings. The minimum absolute atomic E-state index is 1.01. The molecular weight excluding hydrogens is 294 g/mol. The molecule has 0 bridgehead atoms. The summed E-state index contributed by atoms with van der Waals surface area (Å²) < 4.78 is 2.12. The van der Waals surface area contributed by atoms with Crippen LogP contribution >= 0.6 is 0 Å². The third-order valence-corrected chi connectivity index (χ3v) is 4.77. The fourth-order valence-corrected chi connectivity index (χ4v) is 3.45. The molecule has 3 nitrogen and oxygen atoms in total. The number of nitrogens with one attached hydrogen (secondary N) is 1. The van der Waals surface area contributed by atoms with E-state index in [1.54, 1.807) is 0 Å². The zero-order valence-corrected chi connectivity index (χ0v) is 14.3. The molecule has 2 aromatic carbocycles. The average molecular weight is 317 g/mol. The van der Waals surface area contributed by atoms with Gasteiger partial charge in [-0.15, -0.1) is 0 Å². The Balaban J connectivity index is 1.95. The molecule has 0 spiro atoms. The average Bonchev–Trinajstić information content (AvgIpc) is 2.79. The molecule has 3 heteroatoms. The van der Waals surface area contributed by atoms with Crippen molar-refractivity contribution in [3.8, 4) is 16.9 Å². The lowest BCUT2D eigenvalue weighted by Crippen LogP contribution is -2.08. The van der Waals surface area contributed by atoms with E-state index in [1.165, 1.54) is 46.6 Å². The number of anilines is 1.